The summed E-state index contributed by atoms with van der Waals surface area (Å²) in [6.45, 7) is 2.75. The SMILES string of the molecule is C[C@@H]1[C@H](C(=O)O)CCCN1C(=O)c1cccc(OCc2cccnc2)c1. The molecular formula is C20H22N2O4. The highest BCUT2D eigenvalue weighted by molar-refractivity contribution is 5.95. The van der Waals surface area contributed by atoms with Gasteiger partial charge in [-0.3, -0.25) is 14.6 Å². The van der Waals surface area contributed by atoms with Crippen LogP contribution in [-0.2, 0) is 11.4 Å². The second-order valence-electron chi connectivity index (χ2n) is 6.50. The fourth-order valence-corrected chi connectivity index (χ4v) is 3.29. The van der Waals surface area contributed by atoms with Crippen molar-refractivity contribution in [1.82, 2.24) is 9.88 Å². The number of pyridine rings is 1. The Morgan fingerprint density at radius 1 is 1.31 bits per heavy atom. The molecule has 1 fully saturated rings. The van der Waals surface area contributed by atoms with Crippen LogP contribution in [-0.4, -0.2) is 39.5 Å². The Morgan fingerprint density at radius 3 is 2.88 bits per heavy atom. The Morgan fingerprint density at radius 2 is 2.15 bits per heavy atom. The topological polar surface area (TPSA) is 79.7 Å². The van der Waals surface area contributed by atoms with Crippen molar-refractivity contribution < 1.29 is 19.4 Å². The number of piperidine rings is 1. The minimum absolute atomic E-state index is 0.157. The maximum absolute atomic E-state index is 12.9. The van der Waals surface area contributed by atoms with Crippen LogP contribution in [0.3, 0.4) is 0 Å². The van der Waals surface area contributed by atoms with E-state index in [1.165, 1.54) is 0 Å². The Bertz CT molecular complexity index is 778. The summed E-state index contributed by atoms with van der Waals surface area (Å²) in [5.74, 6) is -0.921. The monoisotopic (exact) mass is 354 g/mol. The molecule has 26 heavy (non-hydrogen) atoms. The van der Waals surface area contributed by atoms with E-state index >= 15 is 0 Å². The maximum atomic E-state index is 12.9. The van der Waals surface area contributed by atoms with Crippen molar-refractivity contribution in [3.63, 3.8) is 0 Å². The number of carbonyl (C=O) groups is 2. The second kappa shape index (κ2) is 7.99. The fourth-order valence-electron chi connectivity index (χ4n) is 3.29. The number of hydrogen-bond acceptors (Lipinski definition) is 4. The highest BCUT2D eigenvalue weighted by Gasteiger charge is 2.35. The Labute approximate surface area is 152 Å². The summed E-state index contributed by atoms with van der Waals surface area (Å²) < 4.78 is 5.75. The Hall–Kier alpha value is -2.89. The number of aromatic nitrogens is 1. The van der Waals surface area contributed by atoms with Crippen LogP contribution in [0.15, 0.2) is 48.8 Å². The Kier molecular flexibility index (Phi) is 5.51. The first-order valence-corrected chi connectivity index (χ1v) is 8.72. The second-order valence-corrected chi connectivity index (χ2v) is 6.50. The highest BCUT2D eigenvalue weighted by Crippen LogP contribution is 2.26. The van der Waals surface area contributed by atoms with Crippen LogP contribution in [0.2, 0.25) is 0 Å². The molecule has 0 unspecified atom stereocenters. The summed E-state index contributed by atoms with van der Waals surface area (Å²) >= 11 is 0. The summed E-state index contributed by atoms with van der Waals surface area (Å²) in [4.78, 5) is 30.0. The van der Waals surface area contributed by atoms with E-state index in [4.69, 9.17) is 4.74 Å². The number of carboxylic acids is 1. The van der Waals surface area contributed by atoms with E-state index in [2.05, 4.69) is 4.98 Å². The lowest BCUT2D eigenvalue weighted by molar-refractivity contribution is -0.144. The van der Waals surface area contributed by atoms with Gasteiger partial charge in [0.05, 0.1) is 5.92 Å². The molecule has 6 nitrogen and oxygen atoms in total. The lowest BCUT2D eigenvalue weighted by Gasteiger charge is -2.37. The normalized spacial score (nSPS) is 19.8. The predicted octanol–water partition coefficient (Wildman–Crippen LogP) is 2.99. The van der Waals surface area contributed by atoms with Gasteiger partial charge in [-0.15, -0.1) is 0 Å². The number of rotatable bonds is 5. The van der Waals surface area contributed by atoms with Crippen LogP contribution in [0, 0.1) is 5.92 Å². The van der Waals surface area contributed by atoms with E-state index < -0.39 is 11.9 Å². The van der Waals surface area contributed by atoms with Crippen molar-refractivity contribution in [1.29, 1.82) is 0 Å². The third-order valence-corrected chi connectivity index (χ3v) is 4.78. The molecule has 1 saturated heterocycles. The molecule has 1 aromatic carbocycles. The van der Waals surface area contributed by atoms with Gasteiger partial charge in [0, 0.05) is 36.1 Å². The number of likely N-dealkylation sites (tertiary alicyclic amines) is 1. The molecule has 1 aliphatic heterocycles. The predicted molar refractivity (Wildman–Crippen MR) is 95.9 cm³/mol. The first-order valence-electron chi connectivity index (χ1n) is 8.72. The quantitative estimate of drug-likeness (QED) is 0.893. The van der Waals surface area contributed by atoms with Gasteiger partial charge in [-0.05, 0) is 44.0 Å². The summed E-state index contributed by atoms with van der Waals surface area (Å²) in [7, 11) is 0. The molecule has 1 amide bonds. The lowest BCUT2D eigenvalue weighted by Crippen LogP contribution is -2.49. The molecule has 136 valence electrons. The molecule has 6 heteroatoms. The summed E-state index contributed by atoms with van der Waals surface area (Å²) in [5.41, 5.74) is 1.45. The number of aliphatic carboxylic acids is 1. The Balaban J connectivity index is 1.70. The van der Waals surface area contributed by atoms with Crippen LogP contribution in [0.4, 0.5) is 0 Å². The molecule has 2 heterocycles. The molecule has 1 aliphatic rings. The van der Waals surface area contributed by atoms with Crippen molar-refractivity contribution in [3.05, 3.63) is 59.9 Å². The molecular weight excluding hydrogens is 332 g/mol. The molecule has 0 radical (unpaired) electrons. The van der Waals surface area contributed by atoms with Gasteiger partial charge in [0.15, 0.2) is 0 Å². The number of hydrogen-bond donors (Lipinski definition) is 1. The van der Waals surface area contributed by atoms with E-state index in [1.54, 1.807) is 48.5 Å². The van der Waals surface area contributed by atoms with Gasteiger partial charge < -0.3 is 14.7 Å². The number of amides is 1. The minimum atomic E-state index is -0.844. The number of carbonyl (C=O) groups excluding carboxylic acids is 1. The average molecular weight is 354 g/mol. The molecule has 1 aromatic heterocycles. The van der Waals surface area contributed by atoms with Crippen LogP contribution in [0.5, 0.6) is 5.75 Å². The van der Waals surface area contributed by atoms with Gasteiger partial charge in [-0.25, -0.2) is 0 Å². The molecule has 0 bridgehead atoms. The zero-order valence-electron chi connectivity index (χ0n) is 14.7. The fraction of sp³-hybridized carbons (Fsp3) is 0.350. The van der Waals surface area contributed by atoms with Gasteiger partial charge in [0.25, 0.3) is 5.91 Å². The van der Waals surface area contributed by atoms with E-state index in [9.17, 15) is 14.7 Å². The van der Waals surface area contributed by atoms with Crippen molar-refractivity contribution >= 4 is 11.9 Å². The number of nitrogens with zero attached hydrogens (tertiary/aromatic N) is 2. The maximum Gasteiger partial charge on any atom is 0.308 e. The van der Waals surface area contributed by atoms with Crippen LogP contribution < -0.4 is 4.74 Å². The molecule has 2 aromatic rings. The van der Waals surface area contributed by atoms with Crippen molar-refractivity contribution in [2.75, 3.05) is 6.54 Å². The van der Waals surface area contributed by atoms with Crippen LogP contribution >= 0.6 is 0 Å². The van der Waals surface area contributed by atoms with E-state index in [-0.39, 0.29) is 11.9 Å². The third kappa shape index (κ3) is 4.02. The largest absolute Gasteiger partial charge is 0.489 e. The first kappa shape index (κ1) is 17.9. The van der Waals surface area contributed by atoms with Crippen molar-refractivity contribution in [3.8, 4) is 5.75 Å². The molecule has 1 N–H and O–H groups in total. The van der Waals surface area contributed by atoms with E-state index in [1.807, 2.05) is 12.1 Å². The van der Waals surface area contributed by atoms with Crippen LogP contribution in [0.1, 0.15) is 35.7 Å². The van der Waals surface area contributed by atoms with Gasteiger partial charge in [0.2, 0.25) is 0 Å². The number of ether oxygens (including phenoxy) is 1. The molecule has 2 atom stereocenters. The third-order valence-electron chi connectivity index (χ3n) is 4.78. The average Bonchev–Trinajstić information content (AvgIpc) is 2.67. The number of carboxylic acid groups (broad SMARTS) is 1. The zero-order valence-corrected chi connectivity index (χ0v) is 14.7. The summed E-state index contributed by atoms with van der Waals surface area (Å²) in [6.07, 6.45) is 4.74. The van der Waals surface area contributed by atoms with Gasteiger partial charge >= 0.3 is 5.97 Å². The van der Waals surface area contributed by atoms with E-state index in [0.29, 0.717) is 37.3 Å². The van der Waals surface area contributed by atoms with Gasteiger partial charge in [-0.2, -0.15) is 0 Å². The standard InChI is InChI=1S/C20H22N2O4/c1-14-18(20(24)25)8-4-10-22(14)19(23)16-6-2-7-17(11-16)26-13-15-5-3-9-21-12-15/h2-3,5-7,9,11-12,14,18H,4,8,10,13H2,1H3,(H,24,25)/t14-,18-/m1/s1. The first-order chi connectivity index (χ1) is 12.6. The smallest absolute Gasteiger partial charge is 0.308 e. The molecule has 0 spiro atoms. The van der Waals surface area contributed by atoms with E-state index in [0.717, 1.165) is 5.56 Å². The molecule has 0 saturated carbocycles. The summed E-state index contributed by atoms with van der Waals surface area (Å²) in [5, 5.41) is 9.34. The molecule has 3 rings (SSSR count). The van der Waals surface area contributed by atoms with Gasteiger partial charge in [0.1, 0.15) is 12.4 Å². The van der Waals surface area contributed by atoms with Gasteiger partial charge in [-0.1, -0.05) is 12.1 Å². The minimum Gasteiger partial charge on any atom is -0.489 e. The zero-order chi connectivity index (χ0) is 18.5. The van der Waals surface area contributed by atoms with Crippen molar-refractivity contribution in [2.24, 2.45) is 5.92 Å². The number of benzene rings is 1. The van der Waals surface area contributed by atoms with Crippen molar-refractivity contribution in [2.45, 2.75) is 32.4 Å². The van der Waals surface area contributed by atoms with Crippen LogP contribution in [0.25, 0.3) is 0 Å². The summed E-state index contributed by atoms with van der Waals surface area (Å²) in [6, 6.07) is 10.4. The highest BCUT2D eigenvalue weighted by atomic mass is 16.5. The lowest BCUT2D eigenvalue weighted by atomic mass is 9.90. The molecule has 0 aliphatic carbocycles.